The summed E-state index contributed by atoms with van der Waals surface area (Å²) >= 11 is 0. The van der Waals surface area contributed by atoms with Crippen molar-refractivity contribution < 1.29 is 19.1 Å². The van der Waals surface area contributed by atoms with E-state index in [1.165, 1.54) is 4.90 Å². The van der Waals surface area contributed by atoms with E-state index >= 15 is 0 Å². The first-order valence-electron chi connectivity index (χ1n) is 11.1. The molecule has 2 heterocycles. The summed E-state index contributed by atoms with van der Waals surface area (Å²) in [7, 11) is 0. The van der Waals surface area contributed by atoms with Crippen LogP contribution in [0.4, 0.5) is 22.9 Å². The standard InChI is InChI=1S/C26H26N4O4/c1-19(32)15-22-17-30(21-7-3-2-4-8-21)23-16-20(10-11-24(23)34-22)28-26(33)12-14-29(18-31)25-9-5-6-13-27-25/h2-11,13,16,18,22H,12,14-15,17H2,1H3,(H,28,33). The van der Waals surface area contributed by atoms with Crippen molar-refractivity contribution in [3.63, 3.8) is 0 Å². The van der Waals surface area contributed by atoms with Crippen LogP contribution in [-0.2, 0) is 14.4 Å². The van der Waals surface area contributed by atoms with E-state index in [9.17, 15) is 14.4 Å². The third-order valence-corrected chi connectivity index (χ3v) is 5.45. The Morgan fingerprint density at radius 1 is 1.15 bits per heavy atom. The number of pyridine rings is 1. The molecule has 0 bridgehead atoms. The number of aromatic nitrogens is 1. The van der Waals surface area contributed by atoms with Crippen LogP contribution in [0.1, 0.15) is 19.8 Å². The first kappa shape index (κ1) is 23.0. The second-order valence-corrected chi connectivity index (χ2v) is 8.06. The maximum Gasteiger partial charge on any atom is 0.226 e. The molecule has 3 aromatic rings. The number of para-hydroxylation sites is 1. The lowest BCUT2D eigenvalue weighted by atomic mass is 10.1. The zero-order valence-electron chi connectivity index (χ0n) is 18.9. The maximum atomic E-state index is 12.6. The average molecular weight is 459 g/mol. The summed E-state index contributed by atoms with van der Waals surface area (Å²) in [4.78, 5) is 43.3. The van der Waals surface area contributed by atoms with Crippen molar-refractivity contribution in [1.29, 1.82) is 0 Å². The minimum Gasteiger partial charge on any atom is -0.486 e. The highest BCUT2D eigenvalue weighted by Crippen LogP contribution is 2.40. The fourth-order valence-corrected chi connectivity index (χ4v) is 3.89. The van der Waals surface area contributed by atoms with Crippen LogP contribution in [0.2, 0.25) is 0 Å². The molecule has 0 fully saturated rings. The number of hydrogen-bond donors (Lipinski definition) is 1. The zero-order chi connectivity index (χ0) is 23.9. The molecule has 2 aromatic carbocycles. The van der Waals surface area contributed by atoms with Crippen LogP contribution in [0.15, 0.2) is 72.9 Å². The van der Waals surface area contributed by atoms with Gasteiger partial charge in [-0.2, -0.15) is 0 Å². The molecule has 0 saturated carbocycles. The molecule has 8 heteroatoms. The van der Waals surface area contributed by atoms with Gasteiger partial charge in [-0.25, -0.2) is 4.98 Å². The molecule has 0 spiro atoms. The largest absolute Gasteiger partial charge is 0.486 e. The Morgan fingerprint density at radius 3 is 2.65 bits per heavy atom. The molecule has 1 unspecified atom stereocenters. The van der Waals surface area contributed by atoms with Gasteiger partial charge in [0.1, 0.15) is 23.5 Å². The van der Waals surface area contributed by atoms with E-state index in [1.54, 1.807) is 43.5 Å². The van der Waals surface area contributed by atoms with Crippen molar-refractivity contribution in [3.05, 3.63) is 72.9 Å². The molecule has 1 aliphatic heterocycles. The molecule has 0 saturated heterocycles. The number of hydrogen-bond acceptors (Lipinski definition) is 6. The number of nitrogens with zero attached hydrogens (tertiary/aromatic N) is 3. The number of Topliss-reactive ketones (excluding diaryl/α,β-unsaturated/α-hetero) is 1. The van der Waals surface area contributed by atoms with Crippen molar-refractivity contribution in [1.82, 2.24) is 4.98 Å². The Labute approximate surface area is 198 Å². The first-order valence-corrected chi connectivity index (χ1v) is 11.1. The lowest BCUT2D eigenvalue weighted by molar-refractivity contribution is -0.118. The molecule has 1 aliphatic rings. The van der Waals surface area contributed by atoms with Crippen LogP contribution in [-0.4, -0.2) is 42.3 Å². The van der Waals surface area contributed by atoms with Gasteiger partial charge in [-0.05, 0) is 49.4 Å². The summed E-state index contributed by atoms with van der Waals surface area (Å²) in [5.74, 6) is 0.997. The number of anilines is 4. The molecule has 1 aromatic heterocycles. The highest BCUT2D eigenvalue weighted by molar-refractivity contribution is 5.93. The fraction of sp³-hybridized carbons (Fsp3) is 0.231. The molecule has 4 rings (SSSR count). The SMILES string of the molecule is CC(=O)CC1CN(c2ccccc2)c2cc(NC(=O)CCN(C=O)c3ccccn3)ccc2O1. The van der Waals surface area contributed by atoms with Gasteiger partial charge in [0.05, 0.1) is 12.2 Å². The van der Waals surface area contributed by atoms with Crippen molar-refractivity contribution in [3.8, 4) is 5.75 Å². The number of nitrogens with one attached hydrogen (secondary N) is 1. The van der Waals surface area contributed by atoms with E-state index < -0.39 is 0 Å². The Balaban J connectivity index is 1.48. The fourth-order valence-electron chi connectivity index (χ4n) is 3.89. The lowest BCUT2D eigenvalue weighted by Crippen LogP contribution is -2.38. The van der Waals surface area contributed by atoms with Crippen molar-refractivity contribution >= 4 is 41.0 Å². The van der Waals surface area contributed by atoms with Gasteiger partial charge in [-0.3, -0.25) is 19.3 Å². The monoisotopic (exact) mass is 458 g/mol. The molecule has 34 heavy (non-hydrogen) atoms. The summed E-state index contributed by atoms with van der Waals surface area (Å²) in [6.45, 7) is 2.29. The number of benzene rings is 2. The third-order valence-electron chi connectivity index (χ3n) is 5.45. The maximum absolute atomic E-state index is 12.6. The Bertz CT molecular complexity index is 1150. The summed E-state index contributed by atoms with van der Waals surface area (Å²) in [6, 6.07) is 20.6. The van der Waals surface area contributed by atoms with Gasteiger partial charge < -0.3 is 15.0 Å². The summed E-state index contributed by atoms with van der Waals surface area (Å²) in [5, 5.41) is 2.90. The van der Waals surface area contributed by atoms with E-state index in [-0.39, 0.29) is 30.8 Å². The van der Waals surface area contributed by atoms with Gasteiger partial charge in [0.25, 0.3) is 0 Å². The molecule has 2 amide bonds. The zero-order valence-corrected chi connectivity index (χ0v) is 18.9. The normalized spacial score (nSPS) is 14.5. The quantitative estimate of drug-likeness (QED) is 0.488. The van der Waals surface area contributed by atoms with Gasteiger partial charge in [0.15, 0.2) is 0 Å². The summed E-state index contributed by atoms with van der Waals surface area (Å²) in [6.07, 6.45) is 2.45. The number of rotatable bonds is 9. The minimum atomic E-state index is -0.258. The van der Waals surface area contributed by atoms with E-state index in [2.05, 4.69) is 15.2 Å². The third kappa shape index (κ3) is 5.58. The summed E-state index contributed by atoms with van der Waals surface area (Å²) in [5.41, 5.74) is 2.40. The van der Waals surface area contributed by atoms with Gasteiger partial charge in [-0.15, -0.1) is 0 Å². The number of carbonyl (C=O) groups excluding carboxylic acids is 3. The van der Waals surface area contributed by atoms with E-state index in [4.69, 9.17) is 4.74 Å². The number of amides is 2. The second kappa shape index (κ2) is 10.6. The number of ketones is 1. The Hall–Kier alpha value is -4.20. The van der Waals surface area contributed by atoms with Crippen molar-refractivity contribution in [2.75, 3.05) is 28.2 Å². The molecule has 174 valence electrons. The van der Waals surface area contributed by atoms with Gasteiger partial charge in [0.2, 0.25) is 12.3 Å². The predicted molar refractivity (Wildman–Crippen MR) is 130 cm³/mol. The number of carbonyl (C=O) groups is 3. The number of fused-ring (bicyclic) bond motifs is 1. The van der Waals surface area contributed by atoms with Crippen LogP contribution in [0.3, 0.4) is 0 Å². The highest BCUT2D eigenvalue weighted by Gasteiger charge is 2.28. The smallest absolute Gasteiger partial charge is 0.226 e. The van der Waals surface area contributed by atoms with Crippen molar-refractivity contribution in [2.45, 2.75) is 25.9 Å². The van der Waals surface area contributed by atoms with Crippen LogP contribution < -0.4 is 19.9 Å². The van der Waals surface area contributed by atoms with Crippen molar-refractivity contribution in [2.24, 2.45) is 0 Å². The predicted octanol–water partition coefficient (Wildman–Crippen LogP) is 3.95. The minimum absolute atomic E-state index is 0.0698. The van der Waals surface area contributed by atoms with Crippen LogP contribution in [0, 0.1) is 0 Å². The molecule has 0 radical (unpaired) electrons. The van der Waals surface area contributed by atoms with Gasteiger partial charge >= 0.3 is 0 Å². The van der Waals surface area contributed by atoms with Crippen LogP contribution in [0.25, 0.3) is 0 Å². The topological polar surface area (TPSA) is 91.8 Å². The van der Waals surface area contributed by atoms with E-state index in [0.29, 0.717) is 36.6 Å². The Morgan fingerprint density at radius 2 is 1.94 bits per heavy atom. The Kier molecular flexibility index (Phi) is 7.17. The lowest BCUT2D eigenvalue weighted by Gasteiger charge is -2.36. The van der Waals surface area contributed by atoms with Crippen LogP contribution >= 0.6 is 0 Å². The van der Waals surface area contributed by atoms with E-state index in [1.807, 2.05) is 36.4 Å². The molecule has 8 nitrogen and oxygen atoms in total. The van der Waals surface area contributed by atoms with Gasteiger partial charge in [-0.1, -0.05) is 24.3 Å². The molecule has 1 atom stereocenters. The number of ether oxygens (including phenoxy) is 1. The molecule has 1 N–H and O–H groups in total. The first-order chi connectivity index (χ1) is 16.5. The summed E-state index contributed by atoms with van der Waals surface area (Å²) < 4.78 is 6.07. The average Bonchev–Trinajstić information content (AvgIpc) is 2.85. The van der Waals surface area contributed by atoms with Crippen LogP contribution in [0.5, 0.6) is 5.75 Å². The van der Waals surface area contributed by atoms with Gasteiger partial charge in [0, 0.05) is 37.0 Å². The molecular formula is C26H26N4O4. The molecular weight excluding hydrogens is 432 g/mol. The molecule has 0 aliphatic carbocycles. The second-order valence-electron chi connectivity index (χ2n) is 8.06. The highest BCUT2D eigenvalue weighted by atomic mass is 16.5. The van der Waals surface area contributed by atoms with E-state index in [0.717, 1.165) is 11.4 Å².